The molecule has 1 N–H and O–H groups in total. The van der Waals surface area contributed by atoms with Crippen molar-refractivity contribution in [2.75, 3.05) is 0 Å². The molecule has 0 unspecified atom stereocenters. The summed E-state index contributed by atoms with van der Waals surface area (Å²) >= 11 is 0. The zero-order chi connectivity index (χ0) is 14.2. The monoisotopic (exact) mass is 257 g/mol. The fourth-order valence-corrected chi connectivity index (χ4v) is 2.19. The van der Waals surface area contributed by atoms with E-state index in [2.05, 4.69) is 52.8 Å². The van der Waals surface area contributed by atoms with Crippen LogP contribution in [0.25, 0.3) is 10.9 Å². The van der Waals surface area contributed by atoms with Gasteiger partial charge in [0.25, 0.3) is 0 Å². The molecule has 2 heteroatoms. The normalized spacial score (nSPS) is 12.4. The van der Waals surface area contributed by atoms with Crippen molar-refractivity contribution in [3.05, 3.63) is 41.1 Å². The standard InChI is InChI=1S/C17H23NO/c1-11(2)12-6-7-15-14(8-12)13(10-19)9-16(18-15)17(3,4)5/h6-9,11,19H,10H2,1-5H3. The maximum Gasteiger partial charge on any atom is 0.0709 e. The van der Waals surface area contributed by atoms with Crippen LogP contribution in [0.4, 0.5) is 0 Å². The van der Waals surface area contributed by atoms with Gasteiger partial charge >= 0.3 is 0 Å². The van der Waals surface area contributed by atoms with Crippen LogP contribution in [-0.2, 0) is 12.0 Å². The Morgan fingerprint density at radius 3 is 2.37 bits per heavy atom. The predicted molar refractivity (Wildman–Crippen MR) is 80.5 cm³/mol. The van der Waals surface area contributed by atoms with E-state index in [1.807, 2.05) is 6.07 Å². The van der Waals surface area contributed by atoms with Crippen molar-refractivity contribution >= 4 is 10.9 Å². The summed E-state index contributed by atoms with van der Waals surface area (Å²) in [5.41, 5.74) is 4.25. The maximum atomic E-state index is 9.63. The van der Waals surface area contributed by atoms with Crippen molar-refractivity contribution in [1.82, 2.24) is 4.98 Å². The molecule has 0 fully saturated rings. The van der Waals surface area contributed by atoms with Crippen LogP contribution < -0.4 is 0 Å². The van der Waals surface area contributed by atoms with E-state index in [1.165, 1.54) is 5.56 Å². The molecule has 0 amide bonds. The number of nitrogens with zero attached hydrogens (tertiary/aromatic N) is 1. The molecule has 0 radical (unpaired) electrons. The number of rotatable bonds is 2. The molecule has 1 heterocycles. The van der Waals surface area contributed by atoms with Crippen molar-refractivity contribution in [2.24, 2.45) is 0 Å². The summed E-state index contributed by atoms with van der Waals surface area (Å²) in [6.07, 6.45) is 0. The van der Waals surface area contributed by atoms with Gasteiger partial charge in [0.15, 0.2) is 0 Å². The zero-order valence-electron chi connectivity index (χ0n) is 12.5. The summed E-state index contributed by atoms with van der Waals surface area (Å²) in [5.74, 6) is 0.484. The lowest BCUT2D eigenvalue weighted by Crippen LogP contribution is -2.14. The first-order chi connectivity index (χ1) is 8.82. The highest BCUT2D eigenvalue weighted by Crippen LogP contribution is 2.28. The number of hydrogen-bond acceptors (Lipinski definition) is 2. The van der Waals surface area contributed by atoms with E-state index in [4.69, 9.17) is 4.98 Å². The quantitative estimate of drug-likeness (QED) is 0.876. The van der Waals surface area contributed by atoms with Gasteiger partial charge in [0, 0.05) is 16.5 Å². The van der Waals surface area contributed by atoms with Crippen molar-refractivity contribution < 1.29 is 5.11 Å². The molecule has 0 spiro atoms. The molecule has 0 saturated heterocycles. The molecule has 2 nitrogen and oxygen atoms in total. The Hall–Kier alpha value is -1.41. The Labute approximate surface area is 115 Å². The fourth-order valence-electron chi connectivity index (χ4n) is 2.19. The van der Waals surface area contributed by atoms with E-state index in [0.29, 0.717) is 5.92 Å². The first-order valence-electron chi connectivity index (χ1n) is 6.88. The van der Waals surface area contributed by atoms with Gasteiger partial charge < -0.3 is 5.11 Å². The Bertz CT molecular complexity index is 594. The van der Waals surface area contributed by atoms with E-state index >= 15 is 0 Å². The Morgan fingerprint density at radius 2 is 1.84 bits per heavy atom. The third-order valence-corrected chi connectivity index (χ3v) is 3.52. The summed E-state index contributed by atoms with van der Waals surface area (Å²) in [5, 5.41) is 10.7. The van der Waals surface area contributed by atoms with Crippen LogP contribution in [-0.4, -0.2) is 10.1 Å². The second kappa shape index (κ2) is 4.93. The topological polar surface area (TPSA) is 33.1 Å². The first kappa shape index (κ1) is 14.0. The van der Waals surface area contributed by atoms with Crippen molar-refractivity contribution in [3.8, 4) is 0 Å². The molecular weight excluding hydrogens is 234 g/mol. The molecule has 0 aliphatic rings. The molecule has 19 heavy (non-hydrogen) atoms. The Balaban J connectivity index is 2.70. The van der Waals surface area contributed by atoms with Crippen molar-refractivity contribution in [1.29, 1.82) is 0 Å². The first-order valence-corrected chi connectivity index (χ1v) is 6.88. The summed E-state index contributed by atoms with van der Waals surface area (Å²) in [4.78, 5) is 4.74. The predicted octanol–water partition coefficient (Wildman–Crippen LogP) is 4.15. The van der Waals surface area contributed by atoms with Crippen molar-refractivity contribution in [2.45, 2.75) is 52.6 Å². The number of aromatic nitrogens is 1. The number of aliphatic hydroxyl groups is 1. The van der Waals surface area contributed by atoms with E-state index in [0.717, 1.165) is 22.2 Å². The van der Waals surface area contributed by atoms with E-state index in [-0.39, 0.29) is 12.0 Å². The smallest absolute Gasteiger partial charge is 0.0709 e. The number of pyridine rings is 1. The van der Waals surface area contributed by atoms with Gasteiger partial charge in [-0.15, -0.1) is 0 Å². The molecular formula is C17H23NO. The van der Waals surface area contributed by atoms with Crippen molar-refractivity contribution in [3.63, 3.8) is 0 Å². The summed E-state index contributed by atoms with van der Waals surface area (Å²) in [6, 6.07) is 8.39. The molecule has 0 atom stereocenters. The summed E-state index contributed by atoms with van der Waals surface area (Å²) in [6.45, 7) is 10.8. The minimum absolute atomic E-state index is 0.00513. The van der Waals surface area contributed by atoms with Gasteiger partial charge in [-0.2, -0.15) is 0 Å². The maximum absolute atomic E-state index is 9.63. The molecule has 2 aromatic rings. The zero-order valence-corrected chi connectivity index (χ0v) is 12.5. The highest BCUT2D eigenvalue weighted by atomic mass is 16.3. The number of hydrogen-bond donors (Lipinski definition) is 1. The third kappa shape index (κ3) is 2.79. The molecule has 0 bridgehead atoms. The second-order valence-corrected chi connectivity index (χ2v) is 6.51. The lowest BCUT2D eigenvalue weighted by Gasteiger charge is -2.20. The molecule has 2 rings (SSSR count). The minimum atomic E-state index is -0.00513. The van der Waals surface area contributed by atoms with Crippen LogP contribution >= 0.6 is 0 Å². The van der Waals surface area contributed by atoms with Gasteiger partial charge in [-0.3, -0.25) is 4.98 Å². The van der Waals surface area contributed by atoms with Crippen LogP contribution in [0, 0.1) is 0 Å². The number of aliphatic hydroxyl groups excluding tert-OH is 1. The van der Waals surface area contributed by atoms with Gasteiger partial charge in [-0.05, 0) is 35.2 Å². The average Bonchev–Trinajstić information content (AvgIpc) is 2.35. The van der Waals surface area contributed by atoms with Crippen LogP contribution in [0.1, 0.15) is 57.4 Å². The van der Waals surface area contributed by atoms with E-state index < -0.39 is 0 Å². The van der Waals surface area contributed by atoms with Gasteiger partial charge in [-0.25, -0.2) is 0 Å². The molecule has 0 saturated carbocycles. The van der Waals surface area contributed by atoms with Crippen LogP contribution in [0.5, 0.6) is 0 Å². The SMILES string of the molecule is CC(C)c1ccc2nc(C(C)(C)C)cc(CO)c2c1. The van der Waals surface area contributed by atoms with Gasteiger partial charge in [0.1, 0.15) is 0 Å². The minimum Gasteiger partial charge on any atom is -0.392 e. The largest absolute Gasteiger partial charge is 0.392 e. The fraction of sp³-hybridized carbons (Fsp3) is 0.471. The molecule has 1 aromatic heterocycles. The van der Waals surface area contributed by atoms with E-state index in [9.17, 15) is 5.11 Å². The summed E-state index contributed by atoms with van der Waals surface area (Å²) in [7, 11) is 0. The molecule has 0 aliphatic heterocycles. The highest BCUT2D eigenvalue weighted by molar-refractivity contribution is 5.83. The third-order valence-electron chi connectivity index (χ3n) is 3.52. The lowest BCUT2D eigenvalue weighted by molar-refractivity contribution is 0.283. The van der Waals surface area contributed by atoms with Crippen LogP contribution in [0.15, 0.2) is 24.3 Å². The molecule has 1 aromatic carbocycles. The lowest BCUT2D eigenvalue weighted by atomic mass is 9.89. The number of benzene rings is 1. The van der Waals surface area contributed by atoms with Crippen LogP contribution in [0.3, 0.4) is 0 Å². The second-order valence-electron chi connectivity index (χ2n) is 6.51. The Kier molecular flexibility index (Phi) is 3.64. The molecule has 0 aliphatic carbocycles. The average molecular weight is 257 g/mol. The van der Waals surface area contributed by atoms with Crippen LogP contribution in [0.2, 0.25) is 0 Å². The van der Waals surface area contributed by atoms with Gasteiger partial charge in [-0.1, -0.05) is 40.7 Å². The van der Waals surface area contributed by atoms with Gasteiger partial charge in [0.2, 0.25) is 0 Å². The number of fused-ring (bicyclic) bond motifs is 1. The Morgan fingerprint density at radius 1 is 1.16 bits per heavy atom. The highest BCUT2D eigenvalue weighted by Gasteiger charge is 2.18. The molecule has 102 valence electrons. The van der Waals surface area contributed by atoms with Gasteiger partial charge in [0.05, 0.1) is 12.1 Å². The summed E-state index contributed by atoms with van der Waals surface area (Å²) < 4.78 is 0. The van der Waals surface area contributed by atoms with E-state index in [1.54, 1.807) is 0 Å².